The second kappa shape index (κ2) is 9.41. The first kappa shape index (κ1) is 19.9. The summed E-state index contributed by atoms with van der Waals surface area (Å²) in [6, 6.07) is 14.5. The van der Waals surface area contributed by atoms with Crippen molar-refractivity contribution in [2.24, 2.45) is 0 Å². The van der Waals surface area contributed by atoms with Crippen LogP contribution in [0, 0.1) is 5.82 Å². The van der Waals surface area contributed by atoms with Crippen LogP contribution in [-0.4, -0.2) is 40.3 Å². The Balaban J connectivity index is 1.49. The van der Waals surface area contributed by atoms with Gasteiger partial charge in [0.15, 0.2) is 11.0 Å². The molecule has 0 bridgehead atoms. The summed E-state index contributed by atoms with van der Waals surface area (Å²) < 4.78 is 26.5. The molecule has 1 aliphatic rings. The number of hydrogen-bond acceptors (Lipinski definition) is 5. The third-order valence-corrected chi connectivity index (χ3v) is 5.98. The molecule has 1 unspecified atom stereocenters. The zero-order chi connectivity index (χ0) is 20.1. The Morgan fingerprint density at radius 2 is 1.93 bits per heavy atom. The predicted molar refractivity (Wildman–Crippen MR) is 112 cm³/mol. The Labute approximate surface area is 174 Å². The molecular formula is C22H24FN3O2S. The van der Waals surface area contributed by atoms with Crippen LogP contribution in [0.25, 0.3) is 11.4 Å². The SMILES string of the molecule is COc1ccc(CCSc2nnc(-c3ccc(F)cc3)n2CC2CCCO2)cc1. The van der Waals surface area contributed by atoms with Crippen LogP contribution in [0.1, 0.15) is 18.4 Å². The van der Waals surface area contributed by atoms with Gasteiger partial charge >= 0.3 is 0 Å². The molecule has 5 nitrogen and oxygen atoms in total. The van der Waals surface area contributed by atoms with Gasteiger partial charge in [-0.3, -0.25) is 4.57 Å². The third-order valence-electron chi connectivity index (χ3n) is 5.01. The van der Waals surface area contributed by atoms with E-state index in [2.05, 4.69) is 26.9 Å². The number of hydrogen-bond donors (Lipinski definition) is 0. The largest absolute Gasteiger partial charge is 0.497 e. The Bertz CT molecular complexity index is 922. The Morgan fingerprint density at radius 1 is 1.14 bits per heavy atom. The smallest absolute Gasteiger partial charge is 0.191 e. The summed E-state index contributed by atoms with van der Waals surface area (Å²) in [6.45, 7) is 1.52. The van der Waals surface area contributed by atoms with Crippen molar-refractivity contribution >= 4 is 11.8 Å². The van der Waals surface area contributed by atoms with E-state index in [0.717, 1.165) is 53.9 Å². The average molecular weight is 414 g/mol. The van der Waals surface area contributed by atoms with Gasteiger partial charge in [-0.25, -0.2) is 4.39 Å². The summed E-state index contributed by atoms with van der Waals surface area (Å²) >= 11 is 1.68. The molecule has 7 heteroatoms. The highest BCUT2D eigenvalue weighted by Gasteiger charge is 2.21. The lowest BCUT2D eigenvalue weighted by molar-refractivity contribution is 0.0953. The number of aryl methyl sites for hydroxylation is 1. The lowest BCUT2D eigenvalue weighted by atomic mass is 10.2. The van der Waals surface area contributed by atoms with Gasteiger partial charge in [0, 0.05) is 17.9 Å². The van der Waals surface area contributed by atoms with Crippen LogP contribution in [0.5, 0.6) is 5.75 Å². The van der Waals surface area contributed by atoms with Crippen molar-refractivity contribution in [1.82, 2.24) is 14.8 Å². The van der Waals surface area contributed by atoms with Gasteiger partial charge in [-0.2, -0.15) is 0 Å². The van der Waals surface area contributed by atoms with Crippen LogP contribution in [0.4, 0.5) is 4.39 Å². The molecule has 0 N–H and O–H groups in total. The van der Waals surface area contributed by atoms with E-state index in [1.807, 2.05) is 12.1 Å². The molecule has 0 saturated carbocycles. The molecule has 152 valence electrons. The van der Waals surface area contributed by atoms with E-state index in [1.165, 1.54) is 17.7 Å². The first-order valence-electron chi connectivity index (χ1n) is 9.79. The molecule has 1 saturated heterocycles. The summed E-state index contributed by atoms with van der Waals surface area (Å²) in [5.74, 6) is 2.25. The van der Waals surface area contributed by atoms with E-state index >= 15 is 0 Å². The van der Waals surface area contributed by atoms with Crippen LogP contribution in [0.2, 0.25) is 0 Å². The maximum absolute atomic E-state index is 13.3. The zero-order valence-electron chi connectivity index (χ0n) is 16.4. The zero-order valence-corrected chi connectivity index (χ0v) is 17.2. The minimum Gasteiger partial charge on any atom is -0.497 e. The summed E-state index contributed by atoms with van der Waals surface area (Å²) in [5.41, 5.74) is 2.11. The van der Waals surface area contributed by atoms with Crippen molar-refractivity contribution in [3.05, 3.63) is 59.9 Å². The molecule has 29 heavy (non-hydrogen) atoms. The fourth-order valence-corrected chi connectivity index (χ4v) is 4.35. The fraction of sp³-hybridized carbons (Fsp3) is 0.364. The van der Waals surface area contributed by atoms with Gasteiger partial charge in [-0.05, 0) is 61.2 Å². The monoisotopic (exact) mass is 413 g/mol. The lowest BCUT2D eigenvalue weighted by Gasteiger charge is -2.14. The van der Waals surface area contributed by atoms with Gasteiger partial charge in [-0.15, -0.1) is 10.2 Å². The summed E-state index contributed by atoms with van der Waals surface area (Å²) in [4.78, 5) is 0. The van der Waals surface area contributed by atoms with E-state index < -0.39 is 0 Å². The molecule has 0 spiro atoms. The Hall–Kier alpha value is -2.38. The van der Waals surface area contributed by atoms with Crippen LogP contribution >= 0.6 is 11.8 Å². The van der Waals surface area contributed by atoms with Gasteiger partial charge < -0.3 is 9.47 Å². The van der Waals surface area contributed by atoms with Crippen molar-refractivity contribution in [3.63, 3.8) is 0 Å². The topological polar surface area (TPSA) is 49.2 Å². The van der Waals surface area contributed by atoms with E-state index in [4.69, 9.17) is 9.47 Å². The molecule has 0 amide bonds. The molecule has 0 radical (unpaired) electrons. The maximum Gasteiger partial charge on any atom is 0.191 e. The van der Waals surface area contributed by atoms with Gasteiger partial charge in [0.2, 0.25) is 0 Å². The normalized spacial score (nSPS) is 16.3. The predicted octanol–water partition coefficient (Wildman–Crippen LogP) is 4.61. The second-order valence-electron chi connectivity index (χ2n) is 7.01. The number of rotatable bonds is 8. The molecule has 1 atom stereocenters. The quantitative estimate of drug-likeness (QED) is 0.505. The first-order chi connectivity index (χ1) is 14.2. The highest BCUT2D eigenvalue weighted by molar-refractivity contribution is 7.99. The van der Waals surface area contributed by atoms with Crippen molar-refractivity contribution in [2.45, 2.75) is 37.1 Å². The fourth-order valence-electron chi connectivity index (χ4n) is 3.42. The Morgan fingerprint density at radius 3 is 2.62 bits per heavy atom. The van der Waals surface area contributed by atoms with Gasteiger partial charge in [0.25, 0.3) is 0 Å². The van der Waals surface area contributed by atoms with Crippen molar-refractivity contribution in [3.8, 4) is 17.1 Å². The molecular weight excluding hydrogens is 389 g/mol. The van der Waals surface area contributed by atoms with Gasteiger partial charge in [-0.1, -0.05) is 23.9 Å². The van der Waals surface area contributed by atoms with E-state index in [1.54, 1.807) is 31.0 Å². The van der Waals surface area contributed by atoms with Crippen LogP contribution in [0.15, 0.2) is 53.7 Å². The number of benzene rings is 2. The molecule has 2 heterocycles. The Kier molecular flexibility index (Phi) is 6.46. The summed E-state index contributed by atoms with van der Waals surface area (Å²) in [7, 11) is 1.67. The van der Waals surface area contributed by atoms with Crippen molar-refractivity contribution in [2.75, 3.05) is 19.5 Å². The standard InChI is InChI=1S/C22H24FN3O2S/c1-27-19-10-4-16(5-11-19)12-14-29-22-25-24-21(17-6-8-18(23)9-7-17)26(22)15-20-3-2-13-28-20/h4-11,20H,2-3,12-15H2,1H3. The second-order valence-corrected chi connectivity index (χ2v) is 8.07. The number of nitrogens with zero attached hydrogens (tertiary/aromatic N) is 3. The number of thioether (sulfide) groups is 1. The number of aromatic nitrogens is 3. The highest BCUT2D eigenvalue weighted by atomic mass is 32.2. The number of halogens is 1. The summed E-state index contributed by atoms with van der Waals surface area (Å²) in [5, 5.41) is 9.70. The first-order valence-corrected chi connectivity index (χ1v) is 10.8. The van der Waals surface area contributed by atoms with Crippen molar-refractivity contribution < 1.29 is 13.9 Å². The maximum atomic E-state index is 13.3. The van der Waals surface area contributed by atoms with Crippen LogP contribution in [0.3, 0.4) is 0 Å². The van der Waals surface area contributed by atoms with Gasteiger partial charge in [0.05, 0.1) is 19.8 Å². The van der Waals surface area contributed by atoms with Gasteiger partial charge in [0.1, 0.15) is 11.6 Å². The molecule has 1 aromatic heterocycles. The van der Waals surface area contributed by atoms with Crippen LogP contribution in [-0.2, 0) is 17.7 Å². The van der Waals surface area contributed by atoms with E-state index in [9.17, 15) is 4.39 Å². The molecule has 3 aromatic rings. The number of ether oxygens (including phenoxy) is 2. The molecule has 4 rings (SSSR count). The minimum atomic E-state index is -0.256. The highest BCUT2D eigenvalue weighted by Crippen LogP contribution is 2.27. The molecule has 0 aliphatic carbocycles. The van der Waals surface area contributed by atoms with E-state index in [0.29, 0.717) is 6.54 Å². The minimum absolute atomic E-state index is 0.172. The molecule has 1 aliphatic heterocycles. The average Bonchev–Trinajstić information content (AvgIpc) is 3.40. The summed E-state index contributed by atoms with van der Waals surface area (Å²) in [6.07, 6.45) is 3.22. The van der Waals surface area contributed by atoms with E-state index in [-0.39, 0.29) is 11.9 Å². The third kappa shape index (κ3) is 4.97. The number of methoxy groups -OCH3 is 1. The molecule has 1 fully saturated rings. The van der Waals surface area contributed by atoms with Crippen molar-refractivity contribution in [1.29, 1.82) is 0 Å². The molecule has 2 aromatic carbocycles. The lowest BCUT2D eigenvalue weighted by Crippen LogP contribution is -2.16. The van der Waals surface area contributed by atoms with Crippen LogP contribution < -0.4 is 4.74 Å².